The molecule has 0 N–H and O–H groups in total. The smallest absolute Gasteiger partial charge is 0.151 e. The van der Waals surface area contributed by atoms with Crippen molar-refractivity contribution in [3.8, 4) is 0 Å². The fourth-order valence-electron chi connectivity index (χ4n) is 2.67. The Labute approximate surface area is 116 Å². The molecule has 106 valence electrons. The number of piperidine rings is 1. The molecule has 0 unspecified atom stereocenters. The number of likely N-dealkylation sites (tertiary alicyclic amines) is 1. The number of rotatable bonds is 3. The van der Waals surface area contributed by atoms with Crippen LogP contribution in [0.15, 0.2) is 18.2 Å². The monoisotopic (exact) mass is 281 g/mol. The lowest BCUT2D eigenvalue weighted by Gasteiger charge is -2.31. The average molecular weight is 281 g/mol. The van der Waals surface area contributed by atoms with Gasteiger partial charge in [0.25, 0.3) is 0 Å². The van der Waals surface area contributed by atoms with Crippen molar-refractivity contribution < 1.29 is 8.42 Å². The summed E-state index contributed by atoms with van der Waals surface area (Å²) in [6, 6.07) is 6.49. The van der Waals surface area contributed by atoms with Crippen molar-refractivity contribution in [1.82, 2.24) is 4.90 Å². The first-order chi connectivity index (χ1) is 8.86. The van der Waals surface area contributed by atoms with Gasteiger partial charge in [-0.05, 0) is 49.9 Å². The maximum atomic E-state index is 11.7. The van der Waals surface area contributed by atoms with Crippen molar-refractivity contribution in [1.29, 1.82) is 0 Å². The molecule has 19 heavy (non-hydrogen) atoms. The van der Waals surface area contributed by atoms with Gasteiger partial charge in [-0.15, -0.1) is 0 Å². The van der Waals surface area contributed by atoms with Gasteiger partial charge in [-0.1, -0.05) is 18.2 Å². The summed E-state index contributed by atoms with van der Waals surface area (Å²) in [6.07, 6.45) is 3.14. The summed E-state index contributed by atoms with van der Waals surface area (Å²) in [4.78, 5) is 2.26. The van der Waals surface area contributed by atoms with E-state index in [2.05, 4.69) is 36.9 Å². The van der Waals surface area contributed by atoms with Crippen LogP contribution in [0.1, 0.15) is 29.5 Å². The highest BCUT2D eigenvalue weighted by molar-refractivity contribution is 7.91. The van der Waals surface area contributed by atoms with Crippen molar-refractivity contribution >= 4 is 9.84 Å². The molecule has 1 aliphatic heterocycles. The minimum Gasteiger partial charge on any atom is -0.298 e. The van der Waals surface area contributed by atoms with Crippen LogP contribution in [0.3, 0.4) is 0 Å². The lowest BCUT2D eigenvalue weighted by atomic mass is 10.0. The first-order valence-electron chi connectivity index (χ1n) is 6.83. The van der Waals surface area contributed by atoms with Gasteiger partial charge in [-0.3, -0.25) is 4.90 Å². The van der Waals surface area contributed by atoms with Crippen LogP contribution in [0.25, 0.3) is 0 Å². The Morgan fingerprint density at radius 1 is 1.26 bits per heavy atom. The number of aryl methyl sites for hydroxylation is 2. The Kier molecular flexibility index (Phi) is 4.31. The first-order valence-corrected chi connectivity index (χ1v) is 8.79. The number of hydrogen-bond donors (Lipinski definition) is 0. The number of nitrogens with zero attached hydrogens (tertiary/aromatic N) is 1. The van der Waals surface area contributed by atoms with Crippen molar-refractivity contribution in [2.45, 2.75) is 38.5 Å². The molecule has 3 nitrogen and oxygen atoms in total. The zero-order chi connectivity index (χ0) is 14.0. The molecule has 0 amide bonds. The highest BCUT2D eigenvalue weighted by atomic mass is 32.2. The quantitative estimate of drug-likeness (QED) is 0.853. The Hall–Kier alpha value is -0.870. The summed E-state index contributed by atoms with van der Waals surface area (Å²) in [5, 5.41) is -0.187. The van der Waals surface area contributed by atoms with E-state index in [1.54, 1.807) is 0 Å². The van der Waals surface area contributed by atoms with Crippen molar-refractivity contribution in [2.75, 3.05) is 19.3 Å². The minimum absolute atomic E-state index is 0.187. The lowest BCUT2D eigenvalue weighted by Crippen LogP contribution is -2.41. The van der Waals surface area contributed by atoms with E-state index < -0.39 is 9.84 Å². The molecule has 0 aliphatic carbocycles. The van der Waals surface area contributed by atoms with E-state index in [1.165, 1.54) is 22.9 Å². The number of benzene rings is 1. The van der Waals surface area contributed by atoms with Gasteiger partial charge in [0.05, 0.1) is 5.25 Å². The molecule has 1 aromatic carbocycles. The van der Waals surface area contributed by atoms with Gasteiger partial charge < -0.3 is 0 Å². The third-order valence-electron chi connectivity index (χ3n) is 4.05. The molecule has 0 bridgehead atoms. The number of hydrogen-bond acceptors (Lipinski definition) is 3. The second kappa shape index (κ2) is 5.63. The third kappa shape index (κ3) is 3.80. The molecule has 0 aromatic heterocycles. The van der Waals surface area contributed by atoms with Crippen LogP contribution >= 0.6 is 0 Å². The molecule has 1 saturated heterocycles. The zero-order valence-corrected chi connectivity index (χ0v) is 12.8. The fraction of sp³-hybridized carbons (Fsp3) is 0.600. The molecule has 1 fully saturated rings. The highest BCUT2D eigenvalue weighted by Crippen LogP contribution is 2.19. The molecule has 0 radical (unpaired) electrons. The topological polar surface area (TPSA) is 37.4 Å². The SMILES string of the molecule is Cc1ccc(CN2CCC[C@@H](S(C)(=O)=O)C2)cc1C. The maximum Gasteiger partial charge on any atom is 0.151 e. The van der Waals surface area contributed by atoms with Gasteiger partial charge in [0.2, 0.25) is 0 Å². The summed E-state index contributed by atoms with van der Waals surface area (Å²) < 4.78 is 23.3. The Morgan fingerprint density at radius 3 is 2.63 bits per heavy atom. The van der Waals surface area contributed by atoms with Crippen molar-refractivity contribution in [2.24, 2.45) is 0 Å². The summed E-state index contributed by atoms with van der Waals surface area (Å²) in [6.45, 7) is 6.76. The molecule has 0 saturated carbocycles. The van der Waals surface area contributed by atoms with Crippen molar-refractivity contribution in [3.05, 3.63) is 34.9 Å². The number of sulfone groups is 1. The highest BCUT2D eigenvalue weighted by Gasteiger charge is 2.27. The van der Waals surface area contributed by atoms with Crippen LogP contribution in [0.4, 0.5) is 0 Å². The van der Waals surface area contributed by atoms with E-state index in [4.69, 9.17) is 0 Å². The molecule has 1 aromatic rings. The molecule has 1 atom stereocenters. The predicted octanol–water partition coefficient (Wildman–Crippen LogP) is 2.31. The average Bonchev–Trinajstić information content (AvgIpc) is 2.33. The van der Waals surface area contributed by atoms with Gasteiger partial charge in [-0.2, -0.15) is 0 Å². The van der Waals surface area contributed by atoms with Crippen LogP contribution in [-0.4, -0.2) is 37.9 Å². The third-order valence-corrected chi connectivity index (χ3v) is 5.64. The van der Waals surface area contributed by atoms with Crippen LogP contribution in [0, 0.1) is 13.8 Å². The fourth-order valence-corrected chi connectivity index (χ4v) is 3.74. The van der Waals surface area contributed by atoms with Crippen molar-refractivity contribution in [3.63, 3.8) is 0 Å². The normalized spacial score (nSPS) is 21.5. The van der Waals surface area contributed by atoms with E-state index in [0.717, 1.165) is 25.9 Å². The summed E-state index contributed by atoms with van der Waals surface area (Å²) in [5.41, 5.74) is 3.88. The van der Waals surface area contributed by atoms with Crippen LogP contribution in [-0.2, 0) is 16.4 Å². The van der Waals surface area contributed by atoms with Gasteiger partial charge in [0.15, 0.2) is 9.84 Å². The van der Waals surface area contributed by atoms with E-state index in [9.17, 15) is 8.42 Å². The van der Waals surface area contributed by atoms with E-state index >= 15 is 0 Å². The van der Waals surface area contributed by atoms with Gasteiger partial charge in [0, 0.05) is 19.3 Å². The van der Waals surface area contributed by atoms with E-state index in [0.29, 0.717) is 6.54 Å². The summed E-state index contributed by atoms with van der Waals surface area (Å²) in [5.74, 6) is 0. The second-order valence-corrected chi connectivity index (χ2v) is 8.07. The van der Waals surface area contributed by atoms with Crippen LogP contribution in [0.2, 0.25) is 0 Å². The maximum absolute atomic E-state index is 11.7. The van der Waals surface area contributed by atoms with E-state index in [1.807, 2.05) is 0 Å². The molecular weight excluding hydrogens is 258 g/mol. The molecule has 2 rings (SSSR count). The second-order valence-electron chi connectivity index (χ2n) is 5.75. The zero-order valence-electron chi connectivity index (χ0n) is 12.0. The predicted molar refractivity (Wildman–Crippen MR) is 79.1 cm³/mol. The Morgan fingerprint density at radius 2 is 2.00 bits per heavy atom. The van der Waals surface area contributed by atoms with Crippen LogP contribution < -0.4 is 0 Å². The van der Waals surface area contributed by atoms with Gasteiger partial charge in [-0.25, -0.2) is 8.42 Å². The Bertz CT molecular complexity index is 551. The summed E-state index contributed by atoms with van der Waals surface area (Å²) >= 11 is 0. The molecule has 0 spiro atoms. The Balaban J connectivity index is 2.04. The minimum atomic E-state index is -2.91. The summed E-state index contributed by atoms with van der Waals surface area (Å²) in [7, 11) is -2.91. The first kappa shape index (κ1) is 14.5. The molecule has 1 heterocycles. The largest absolute Gasteiger partial charge is 0.298 e. The standard InChI is InChI=1S/C15H23NO2S/c1-12-6-7-14(9-13(12)2)10-16-8-4-5-15(11-16)19(3,17)18/h6-7,9,15H,4-5,8,10-11H2,1-3H3/t15-/m1/s1. The lowest BCUT2D eigenvalue weighted by molar-refractivity contribution is 0.222. The van der Waals surface area contributed by atoms with Gasteiger partial charge in [0.1, 0.15) is 0 Å². The van der Waals surface area contributed by atoms with Gasteiger partial charge >= 0.3 is 0 Å². The molecular formula is C15H23NO2S. The van der Waals surface area contributed by atoms with Crippen LogP contribution in [0.5, 0.6) is 0 Å². The molecule has 1 aliphatic rings. The molecule has 4 heteroatoms. The van der Waals surface area contributed by atoms with E-state index in [-0.39, 0.29) is 5.25 Å².